The Labute approximate surface area is 42.7 Å². The van der Waals surface area contributed by atoms with Crippen molar-refractivity contribution in [2.45, 2.75) is 13.0 Å². The molecule has 0 unspecified atom stereocenters. The van der Waals surface area contributed by atoms with Gasteiger partial charge in [0, 0.05) is 0 Å². The predicted octanol–water partition coefficient (Wildman–Crippen LogP) is -1.01. The molecule has 2 radical (unpaired) electrons. The zero-order chi connectivity index (χ0) is 5.86. The average Bonchev–Trinajstić information content (AvgIpc) is 1.65. The monoisotopic (exact) mass is 100 g/mol. The highest BCUT2D eigenvalue weighted by atomic mass is 16.5. The summed E-state index contributed by atoms with van der Waals surface area (Å²) in [5.74, 6) is -0.819. The molecule has 0 aromatic heterocycles. The van der Waals surface area contributed by atoms with Crippen LogP contribution in [-0.4, -0.2) is 25.2 Å². The Hall–Kier alpha value is -0.505. The quantitative estimate of drug-likeness (QED) is 0.429. The van der Waals surface area contributed by atoms with E-state index in [9.17, 15) is 4.79 Å². The van der Waals surface area contributed by atoms with Crippen molar-refractivity contribution in [2.75, 3.05) is 0 Å². The van der Waals surface area contributed by atoms with Gasteiger partial charge in [-0.2, -0.15) is 0 Å². The van der Waals surface area contributed by atoms with Gasteiger partial charge in [0.15, 0.2) is 0 Å². The van der Waals surface area contributed by atoms with E-state index in [4.69, 9.17) is 5.11 Å². The van der Waals surface area contributed by atoms with Crippen molar-refractivity contribution >= 4 is 14.0 Å². The third-order valence-corrected chi connectivity index (χ3v) is 0.457. The molecule has 3 nitrogen and oxygen atoms in total. The molecule has 0 aliphatic rings. The summed E-state index contributed by atoms with van der Waals surface area (Å²) in [6, 6.07) is 0. The maximum Gasteiger partial charge on any atom is 0.378 e. The minimum Gasteiger partial charge on any atom is -0.542 e. The topological polar surface area (TPSA) is 46.5 Å². The molecule has 7 heavy (non-hydrogen) atoms. The van der Waals surface area contributed by atoms with Gasteiger partial charge in [-0.25, -0.2) is 0 Å². The Bertz CT molecular complexity index is 70.6. The molecule has 0 amide bonds. The minimum absolute atomic E-state index is 0.819. The van der Waals surface area contributed by atoms with E-state index in [0.717, 1.165) is 0 Å². The molecule has 0 bridgehead atoms. The van der Waals surface area contributed by atoms with Crippen LogP contribution >= 0.6 is 0 Å². The van der Waals surface area contributed by atoms with Crippen LogP contribution in [0.25, 0.3) is 0 Å². The van der Waals surface area contributed by atoms with Gasteiger partial charge >= 0.3 is 14.0 Å². The van der Waals surface area contributed by atoms with E-state index in [2.05, 4.69) is 12.7 Å². The predicted molar refractivity (Wildman–Crippen MR) is 23.5 cm³/mol. The first-order valence-corrected chi connectivity index (χ1v) is 1.77. The number of carbonyl (C=O) groups excluding carboxylic acids is 1. The fourth-order valence-corrected chi connectivity index (χ4v) is 0.0985. The summed E-state index contributed by atoms with van der Waals surface area (Å²) in [5, 5.41) is 8.27. The Morgan fingerprint density at radius 3 is 2.43 bits per heavy atom. The summed E-state index contributed by atoms with van der Waals surface area (Å²) < 4.78 is 3.62. The standard InChI is InChI=1S/C3H5BO3/c1-2(5)3(6)7-4/h2,5H,1H3/t2-/m1/s1. The van der Waals surface area contributed by atoms with Gasteiger partial charge in [0.2, 0.25) is 0 Å². The molecule has 38 valence electrons. The van der Waals surface area contributed by atoms with E-state index in [1.165, 1.54) is 6.92 Å². The molecule has 0 fully saturated rings. The summed E-state index contributed by atoms with van der Waals surface area (Å²) >= 11 is 0. The largest absolute Gasteiger partial charge is 0.542 e. The molecular formula is C3H5BO3. The van der Waals surface area contributed by atoms with Gasteiger partial charge in [-0.1, -0.05) is 0 Å². The van der Waals surface area contributed by atoms with Gasteiger partial charge in [-0.15, -0.1) is 0 Å². The Balaban J connectivity index is 3.35. The van der Waals surface area contributed by atoms with Crippen molar-refractivity contribution in [3.8, 4) is 0 Å². The van der Waals surface area contributed by atoms with Crippen LogP contribution in [0.2, 0.25) is 0 Å². The molecule has 0 aliphatic carbocycles. The van der Waals surface area contributed by atoms with Crippen molar-refractivity contribution in [1.29, 1.82) is 0 Å². The molecule has 1 atom stereocenters. The number of hydrogen-bond donors (Lipinski definition) is 1. The maximum atomic E-state index is 9.91. The first-order valence-electron chi connectivity index (χ1n) is 1.77. The van der Waals surface area contributed by atoms with Gasteiger partial charge in [0.05, 0.1) is 0 Å². The number of aliphatic hydroxyl groups is 1. The maximum absolute atomic E-state index is 9.91. The first-order chi connectivity index (χ1) is 3.18. The van der Waals surface area contributed by atoms with Gasteiger partial charge in [-0.05, 0) is 6.92 Å². The number of aliphatic hydroxyl groups excluding tert-OH is 1. The number of rotatable bonds is 1. The van der Waals surface area contributed by atoms with E-state index in [-0.39, 0.29) is 0 Å². The van der Waals surface area contributed by atoms with Gasteiger partial charge < -0.3 is 9.76 Å². The molecule has 0 saturated heterocycles. The van der Waals surface area contributed by atoms with Crippen LogP contribution in [0.15, 0.2) is 0 Å². The Morgan fingerprint density at radius 2 is 2.43 bits per heavy atom. The SMILES string of the molecule is [B]OC(=O)[C@@H](C)O. The van der Waals surface area contributed by atoms with Gasteiger partial charge in [0.25, 0.3) is 0 Å². The van der Waals surface area contributed by atoms with Crippen molar-refractivity contribution < 1.29 is 14.6 Å². The highest BCUT2D eigenvalue weighted by Crippen LogP contribution is 1.80. The van der Waals surface area contributed by atoms with Gasteiger partial charge in [-0.3, -0.25) is 4.79 Å². The summed E-state index contributed by atoms with van der Waals surface area (Å²) in [4.78, 5) is 9.91. The Morgan fingerprint density at radius 1 is 2.00 bits per heavy atom. The van der Waals surface area contributed by atoms with Crippen LogP contribution in [0.1, 0.15) is 6.92 Å². The van der Waals surface area contributed by atoms with E-state index >= 15 is 0 Å². The molecule has 0 aromatic rings. The highest BCUT2D eigenvalue weighted by molar-refractivity contribution is 6.06. The van der Waals surface area contributed by atoms with Crippen LogP contribution in [0.4, 0.5) is 0 Å². The first kappa shape index (κ1) is 6.49. The lowest BCUT2D eigenvalue weighted by Crippen LogP contribution is -2.17. The summed E-state index contributed by atoms with van der Waals surface area (Å²) in [5.41, 5.74) is 0. The molecule has 0 aromatic carbocycles. The molecule has 1 N–H and O–H groups in total. The smallest absolute Gasteiger partial charge is 0.378 e. The van der Waals surface area contributed by atoms with Crippen molar-refractivity contribution in [2.24, 2.45) is 0 Å². The van der Waals surface area contributed by atoms with E-state index < -0.39 is 12.1 Å². The molecule has 0 aliphatic heterocycles. The second-order valence-electron chi connectivity index (χ2n) is 1.11. The third-order valence-electron chi connectivity index (χ3n) is 0.457. The second kappa shape index (κ2) is 2.63. The van der Waals surface area contributed by atoms with Crippen molar-refractivity contribution in [3.63, 3.8) is 0 Å². The lowest BCUT2D eigenvalue weighted by Gasteiger charge is -1.98. The third kappa shape index (κ3) is 2.22. The van der Waals surface area contributed by atoms with Crippen molar-refractivity contribution in [3.05, 3.63) is 0 Å². The molecule has 0 rings (SSSR count). The summed E-state index contributed by atoms with van der Waals surface area (Å²) in [6.07, 6.45) is -1.12. The zero-order valence-corrected chi connectivity index (χ0v) is 3.92. The highest BCUT2D eigenvalue weighted by Gasteiger charge is 2.04. The normalized spacial score (nSPS) is 12.9. The van der Waals surface area contributed by atoms with Crippen LogP contribution in [0, 0.1) is 0 Å². The minimum atomic E-state index is -1.12. The molecule has 0 saturated carbocycles. The Kier molecular flexibility index (Phi) is 2.44. The van der Waals surface area contributed by atoms with Crippen LogP contribution in [0.3, 0.4) is 0 Å². The summed E-state index contributed by atoms with van der Waals surface area (Å²) in [6.45, 7) is 1.27. The van der Waals surface area contributed by atoms with Crippen LogP contribution in [0.5, 0.6) is 0 Å². The second-order valence-corrected chi connectivity index (χ2v) is 1.11. The lowest BCUT2D eigenvalue weighted by atomic mass is 10.4. The zero-order valence-electron chi connectivity index (χ0n) is 3.92. The van der Waals surface area contributed by atoms with E-state index in [1.807, 2.05) is 0 Å². The van der Waals surface area contributed by atoms with Crippen molar-refractivity contribution in [1.82, 2.24) is 0 Å². The van der Waals surface area contributed by atoms with E-state index in [0.29, 0.717) is 0 Å². The average molecular weight is 99.9 g/mol. The van der Waals surface area contributed by atoms with Crippen LogP contribution in [-0.2, 0) is 9.45 Å². The van der Waals surface area contributed by atoms with Crippen LogP contribution < -0.4 is 0 Å². The fourth-order valence-electron chi connectivity index (χ4n) is 0.0985. The fraction of sp³-hybridized carbons (Fsp3) is 0.667. The molecule has 4 heteroatoms. The lowest BCUT2D eigenvalue weighted by molar-refractivity contribution is -0.142. The van der Waals surface area contributed by atoms with Gasteiger partial charge in [0.1, 0.15) is 6.10 Å². The molecule has 0 spiro atoms. The molecule has 0 heterocycles. The molecular weight excluding hydrogens is 94.8 g/mol. The number of hydrogen-bond acceptors (Lipinski definition) is 3. The summed E-state index contributed by atoms with van der Waals surface area (Å²) in [7, 11) is 4.36. The number of carbonyl (C=O) groups is 1. The van der Waals surface area contributed by atoms with E-state index in [1.54, 1.807) is 0 Å².